The highest BCUT2D eigenvalue weighted by Crippen LogP contribution is 2.31. The quantitative estimate of drug-likeness (QED) is 0.587. The molecule has 2 atom stereocenters. The number of guanidine groups is 1. The summed E-state index contributed by atoms with van der Waals surface area (Å²) in [5.74, 6) is -1.85. The number of hydrogen-bond donors (Lipinski definition) is 1. The van der Waals surface area contributed by atoms with Gasteiger partial charge in [-0.3, -0.25) is 14.9 Å². The Morgan fingerprint density at radius 2 is 1.84 bits per heavy atom. The van der Waals surface area contributed by atoms with Crippen molar-refractivity contribution in [3.8, 4) is 0 Å². The maximum atomic E-state index is 14.2. The molecule has 1 amide bonds. The van der Waals surface area contributed by atoms with E-state index in [0.29, 0.717) is 37.8 Å². The van der Waals surface area contributed by atoms with Crippen molar-refractivity contribution in [1.82, 2.24) is 10.2 Å². The maximum absolute atomic E-state index is 14.2. The fourth-order valence-corrected chi connectivity index (χ4v) is 4.19. The second-order valence-electron chi connectivity index (χ2n) is 7.96. The third kappa shape index (κ3) is 4.44. The number of amides is 1. The van der Waals surface area contributed by atoms with Crippen molar-refractivity contribution in [2.75, 3.05) is 37.7 Å². The number of carbonyl (C=O) groups excluding carboxylic acids is 2. The van der Waals surface area contributed by atoms with Crippen LogP contribution in [0.5, 0.6) is 0 Å². The number of benzene rings is 2. The van der Waals surface area contributed by atoms with Crippen LogP contribution < -0.4 is 10.2 Å². The van der Waals surface area contributed by atoms with Crippen molar-refractivity contribution in [2.24, 2.45) is 10.9 Å². The van der Waals surface area contributed by atoms with Gasteiger partial charge in [-0.1, -0.05) is 42.0 Å². The Morgan fingerprint density at radius 1 is 1.12 bits per heavy atom. The molecule has 168 valence electrons. The average Bonchev–Trinajstić information content (AvgIpc) is 2.79. The molecule has 4 rings (SSSR count). The normalized spacial score (nSPS) is 21.1. The SMILES string of the molecule is CCOC(=O)[C@H]1C(=O)NC(N2CCN(c3ccccc3F)CC2)=N[C@@H]1c1cccc(C)c1. The van der Waals surface area contributed by atoms with Crippen molar-refractivity contribution >= 4 is 23.5 Å². The van der Waals surface area contributed by atoms with Gasteiger partial charge >= 0.3 is 5.97 Å². The fourth-order valence-electron chi connectivity index (χ4n) is 4.19. The lowest BCUT2D eigenvalue weighted by Gasteiger charge is -2.39. The van der Waals surface area contributed by atoms with Gasteiger partial charge < -0.3 is 14.5 Å². The van der Waals surface area contributed by atoms with Crippen molar-refractivity contribution in [3.63, 3.8) is 0 Å². The number of carbonyl (C=O) groups is 2. The number of aryl methyl sites for hydroxylation is 1. The molecule has 0 bridgehead atoms. The van der Waals surface area contributed by atoms with Crippen LogP contribution in [0, 0.1) is 18.7 Å². The highest BCUT2D eigenvalue weighted by molar-refractivity contribution is 6.08. The Bertz CT molecular complexity index is 1030. The first kappa shape index (κ1) is 21.8. The molecular formula is C24H27FN4O3. The number of para-hydroxylation sites is 1. The van der Waals surface area contributed by atoms with E-state index in [-0.39, 0.29) is 12.4 Å². The molecule has 32 heavy (non-hydrogen) atoms. The molecule has 1 fully saturated rings. The van der Waals surface area contributed by atoms with Crippen LogP contribution in [0.1, 0.15) is 24.1 Å². The van der Waals surface area contributed by atoms with Crippen molar-refractivity contribution in [1.29, 1.82) is 0 Å². The van der Waals surface area contributed by atoms with Crippen LogP contribution in [0.4, 0.5) is 10.1 Å². The van der Waals surface area contributed by atoms with Crippen LogP contribution in [0.15, 0.2) is 53.5 Å². The van der Waals surface area contributed by atoms with Crippen LogP contribution >= 0.6 is 0 Å². The molecule has 2 aromatic rings. The Balaban J connectivity index is 1.57. The Hall–Kier alpha value is -3.42. The summed E-state index contributed by atoms with van der Waals surface area (Å²) >= 11 is 0. The molecular weight excluding hydrogens is 411 g/mol. The number of aliphatic imine (C=N–C) groups is 1. The van der Waals surface area contributed by atoms with Gasteiger partial charge in [-0.05, 0) is 31.5 Å². The molecule has 1 saturated heterocycles. The smallest absolute Gasteiger partial charge is 0.321 e. The predicted octanol–water partition coefficient (Wildman–Crippen LogP) is 2.66. The first-order valence-corrected chi connectivity index (χ1v) is 10.8. The molecule has 2 aromatic carbocycles. The summed E-state index contributed by atoms with van der Waals surface area (Å²) < 4.78 is 19.3. The van der Waals surface area contributed by atoms with Gasteiger partial charge in [0.25, 0.3) is 0 Å². The molecule has 8 heteroatoms. The van der Waals surface area contributed by atoms with Crippen molar-refractivity contribution in [3.05, 3.63) is 65.5 Å². The zero-order chi connectivity index (χ0) is 22.7. The van der Waals surface area contributed by atoms with E-state index in [2.05, 4.69) is 5.32 Å². The highest BCUT2D eigenvalue weighted by atomic mass is 19.1. The summed E-state index contributed by atoms with van der Waals surface area (Å²) in [5, 5.41) is 2.80. The standard InChI is InChI=1S/C24H27FN4O3/c1-3-32-23(31)20-21(17-8-6-7-16(2)15-17)26-24(27-22(20)30)29-13-11-28(12-14-29)19-10-5-4-9-18(19)25/h4-10,15,20-21H,3,11-14H2,1-2H3,(H,26,27,30)/t20-,21-/m1/s1. The van der Waals surface area contributed by atoms with Gasteiger partial charge in [0.15, 0.2) is 5.92 Å². The van der Waals surface area contributed by atoms with Crippen LogP contribution in [0.3, 0.4) is 0 Å². The number of piperazine rings is 1. The zero-order valence-electron chi connectivity index (χ0n) is 18.3. The Labute approximate surface area is 186 Å². The highest BCUT2D eigenvalue weighted by Gasteiger charge is 2.42. The summed E-state index contributed by atoms with van der Waals surface area (Å²) in [6.45, 7) is 6.18. The fraction of sp³-hybridized carbons (Fsp3) is 0.375. The number of nitrogens with zero attached hydrogens (tertiary/aromatic N) is 3. The van der Waals surface area contributed by atoms with Crippen LogP contribution in [-0.2, 0) is 14.3 Å². The third-order valence-corrected chi connectivity index (χ3v) is 5.79. The number of rotatable bonds is 4. The summed E-state index contributed by atoms with van der Waals surface area (Å²) in [6, 6.07) is 13.7. The van der Waals surface area contributed by atoms with Gasteiger partial charge in [0.2, 0.25) is 11.9 Å². The van der Waals surface area contributed by atoms with E-state index in [1.807, 2.05) is 47.1 Å². The number of esters is 1. The number of anilines is 1. The summed E-state index contributed by atoms with van der Waals surface area (Å²) in [6.07, 6.45) is 0. The molecule has 2 aliphatic rings. The van der Waals surface area contributed by atoms with Gasteiger partial charge in [-0.2, -0.15) is 0 Å². The largest absolute Gasteiger partial charge is 0.465 e. The minimum absolute atomic E-state index is 0.192. The minimum Gasteiger partial charge on any atom is -0.465 e. The third-order valence-electron chi connectivity index (χ3n) is 5.79. The van der Waals surface area contributed by atoms with E-state index in [1.165, 1.54) is 6.07 Å². The van der Waals surface area contributed by atoms with Crippen LogP contribution in [-0.4, -0.2) is 55.5 Å². The number of ether oxygens (including phenoxy) is 1. The van der Waals surface area contributed by atoms with Gasteiger partial charge in [-0.25, -0.2) is 9.38 Å². The molecule has 0 radical (unpaired) electrons. The number of halogens is 1. The monoisotopic (exact) mass is 438 g/mol. The molecule has 1 N–H and O–H groups in total. The van der Waals surface area contributed by atoms with E-state index in [1.54, 1.807) is 19.1 Å². The predicted molar refractivity (Wildman–Crippen MR) is 120 cm³/mol. The van der Waals surface area contributed by atoms with E-state index < -0.39 is 23.8 Å². The molecule has 2 heterocycles. The number of hydrogen-bond acceptors (Lipinski definition) is 6. The second-order valence-corrected chi connectivity index (χ2v) is 7.96. The Kier molecular flexibility index (Phi) is 6.39. The molecule has 0 aliphatic carbocycles. The lowest BCUT2D eigenvalue weighted by Crippen LogP contribution is -2.57. The minimum atomic E-state index is -1.04. The van der Waals surface area contributed by atoms with Crippen LogP contribution in [0.2, 0.25) is 0 Å². The Morgan fingerprint density at radius 3 is 2.53 bits per heavy atom. The van der Waals surface area contributed by atoms with Crippen LogP contribution in [0.25, 0.3) is 0 Å². The molecule has 7 nitrogen and oxygen atoms in total. The van der Waals surface area contributed by atoms with Crippen molar-refractivity contribution in [2.45, 2.75) is 19.9 Å². The lowest BCUT2D eigenvalue weighted by atomic mass is 9.90. The van der Waals surface area contributed by atoms with E-state index in [9.17, 15) is 14.0 Å². The van der Waals surface area contributed by atoms with E-state index >= 15 is 0 Å². The van der Waals surface area contributed by atoms with E-state index in [4.69, 9.17) is 9.73 Å². The molecule has 2 aliphatic heterocycles. The molecule has 0 saturated carbocycles. The summed E-state index contributed by atoms with van der Waals surface area (Å²) in [7, 11) is 0. The first-order valence-electron chi connectivity index (χ1n) is 10.8. The lowest BCUT2D eigenvalue weighted by molar-refractivity contribution is -0.153. The molecule has 0 spiro atoms. The topological polar surface area (TPSA) is 74.2 Å². The van der Waals surface area contributed by atoms with Gasteiger partial charge in [0, 0.05) is 26.2 Å². The summed E-state index contributed by atoms with van der Waals surface area (Å²) in [4.78, 5) is 34.3. The summed E-state index contributed by atoms with van der Waals surface area (Å²) in [5.41, 5.74) is 2.38. The average molecular weight is 439 g/mol. The van der Waals surface area contributed by atoms with Gasteiger partial charge in [-0.15, -0.1) is 0 Å². The second kappa shape index (κ2) is 9.38. The van der Waals surface area contributed by atoms with Gasteiger partial charge in [0.1, 0.15) is 11.9 Å². The van der Waals surface area contributed by atoms with Crippen molar-refractivity contribution < 1.29 is 18.7 Å². The molecule has 0 aromatic heterocycles. The van der Waals surface area contributed by atoms with E-state index in [0.717, 1.165) is 11.1 Å². The number of nitrogens with one attached hydrogen (secondary N) is 1. The first-order chi connectivity index (χ1) is 15.5. The maximum Gasteiger partial charge on any atom is 0.321 e. The van der Waals surface area contributed by atoms with Gasteiger partial charge in [0.05, 0.1) is 12.3 Å². The zero-order valence-corrected chi connectivity index (χ0v) is 18.3. The molecule has 0 unspecified atom stereocenters.